The lowest BCUT2D eigenvalue weighted by Gasteiger charge is -2.47. The summed E-state index contributed by atoms with van der Waals surface area (Å²) in [5.41, 5.74) is 1.75. The molecule has 0 radical (unpaired) electrons. The maximum Gasteiger partial charge on any atom is 0.133 e. The lowest BCUT2D eigenvalue weighted by Crippen LogP contribution is -2.47. The molecule has 3 atom stereocenters. The standard InChI is InChI=1S/C23H34O3/c1-5-7-8-9-15(6-2)16-12-20(25)22-18-14-17(24)10-11-19(18)23(3,4)26-21(22)13-16/h12-13,15,18-19,25H,5-11,14H2,1-4H3/t15?,18-,19-/m1/s1. The van der Waals surface area contributed by atoms with Crippen molar-refractivity contribution in [2.45, 2.75) is 96.5 Å². The van der Waals surface area contributed by atoms with Crippen molar-refractivity contribution in [2.75, 3.05) is 0 Å². The SMILES string of the molecule is CCCCCC(CC)c1cc(O)c2c(c1)OC(C)(C)[C@@H]1CCC(=O)C[C@@H]21. The summed E-state index contributed by atoms with van der Waals surface area (Å²) in [4.78, 5) is 12.1. The van der Waals surface area contributed by atoms with E-state index in [1.165, 1.54) is 24.8 Å². The molecule has 0 saturated heterocycles. The molecular formula is C23H34O3. The fourth-order valence-electron chi connectivity index (χ4n) is 5.07. The van der Waals surface area contributed by atoms with Crippen LogP contribution in [-0.2, 0) is 4.79 Å². The number of aromatic hydroxyl groups is 1. The highest BCUT2D eigenvalue weighted by Gasteiger charge is 2.47. The van der Waals surface area contributed by atoms with E-state index in [1.807, 2.05) is 6.07 Å². The Bertz CT molecular complexity index is 662. The van der Waals surface area contributed by atoms with E-state index in [0.717, 1.165) is 30.6 Å². The molecule has 2 aliphatic rings. The molecule has 0 bridgehead atoms. The molecule has 3 rings (SSSR count). The Kier molecular flexibility index (Phi) is 5.64. The number of unbranched alkanes of at least 4 members (excludes halogenated alkanes) is 2. The Balaban J connectivity index is 1.95. The van der Waals surface area contributed by atoms with Crippen LogP contribution in [0.1, 0.15) is 102 Å². The average Bonchev–Trinajstić information content (AvgIpc) is 2.57. The van der Waals surface area contributed by atoms with Crippen LogP contribution in [0.2, 0.25) is 0 Å². The highest BCUT2D eigenvalue weighted by atomic mass is 16.5. The Labute approximate surface area is 158 Å². The first-order chi connectivity index (χ1) is 12.4. The first-order valence-electron chi connectivity index (χ1n) is 10.4. The van der Waals surface area contributed by atoms with Crippen molar-refractivity contribution in [2.24, 2.45) is 5.92 Å². The van der Waals surface area contributed by atoms with Crippen molar-refractivity contribution in [1.82, 2.24) is 0 Å². The van der Waals surface area contributed by atoms with E-state index < -0.39 is 0 Å². The molecule has 1 aromatic carbocycles. The quantitative estimate of drug-likeness (QED) is 0.626. The summed E-state index contributed by atoms with van der Waals surface area (Å²) in [5.74, 6) is 2.27. The number of fused-ring (bicyclic) bond motifs is 3. The number of rotatable bonds is 6. The van der Waals surface area contributed by atoms with Crippen LogP contribution < -0.4 is 4.74 Å². The molecule has 1 aliphatic heterocycles. The van der Waals surface area contributed by atoms with Crippen LogP contribution in [0.5, 0.6) is 11.5 Å². The number of hydrogen-bond donors (Lipinski definition) is 1. The number of phenols is 1. The first kappa shape index (κ1) is 19.3. The molecule has 3 heteroatoms. The van der Waals surface area contributed by atoms with E-state index >= 15 is 0 Å². The zero-order valence-corrected chi connectivity index (χ0v) is 16.8. The molecular weight excluding hydrogens is 324 g/mol. The largest absolute Gasteiger partial charge is 0.508 e. The molecule has 0 aromatic heterocycles. The lowest BCUT2D eigenvalue weighted by atomic mass is 9.66. The second-order valence-electron chi connectivity index (χ2n) is 8.75. The third-order valence-electron chi connectivity index (χ3n) is 6.57. The number of carbonyl (C=O) groups excluding carboxylic acids is 1. The Hall–Kier alpha value is -1.51. The molecule has 1 saturated carbocycles. The van der Waals surface area contributed by atoms with Gasteiger partial charge in [0.1, 0.15) is 22.9 Å². The molecule has 0 spiro atoms. The summed E-state index contributed by atoms with van der Waals surface area (Å²) in [6.45, 7) is 8.70. The van der Waals surface area contributed by atoms with Crippen molar-refractivity contribution in [3.63, 3.8) is 0 Å². The lowest BCUT2D eigenvalue weighted by molar-refractivity contribution is -0.124. The number of ether oxygens (including phenoxy) is 1. The van der Waals surface area contributed by atoms with Gasteiger partial charge in [-0.2, -0.15) is 0 Å². The van der Waals surface area contributed by atoms with Crippen molar-refractivity contribution in [3.05, 3.63) is 23.3 Å². The minimum absolute atomic E-state index is 0.0872. The Morgan fingerprint density at radius 1 is 1.27 bits per heavy atom. The van der Waals surface area contributed by atoms with Gasteiger partial charge in [0.15, 0.2) is 0 Å². The maximum absolute atomic E-state index is 12.1. The van der Waals surface area contributed by atoms with Crippen LogP contribution >= 0.6 is 0 Å². The predicted molar refractivity (Wildman–Crippen MR) is 105 cm³/mol. The first-order valence-corrected chi connectivity index (χ1v) is 10.4. The van der Waals surface area contributed by atoms with Crippen molar-refractivity contribution >= 4 is 5.78 Å². The Morgan fingerprint density at radius 2 is 2.04 bits per heavy atom. The van der Waals surface area contributed by atoms with Gasteiger partial charge in [0.05, 0.1) is 0 Å². The molecule has 1 aromatic rings. The second kappa shape index (κ2) is 7.62. The van der Waals surface area contributed by atoms with Crippen LogP contribution in [0.15, 0.2) is 12.1 Å². The van der Waals surface area contributed by atoms with Gasteiger partial charge in [-0.25, -0.2) is 0 Å². The smallest absolute Gasteiger partial charge is 0.133 e. The third kappa shape index (κ3) is 3.63. The zero-order chi connectivity index (χ0) is 18.9. The van der Waals surface area contributed by atoms with Crippen LogP contribution in [0, 0.1) is 5.92 Å². The fraction of sp³-hybridized carbons (Fsp3) is 0.696. The molecule has 1 N–H and O–H groups in total. The van der Waals surface area contributed by atoms with Crippen LogP contribution in [0.4, 0.5) is 0 Å². The summed E-state index contributed by atoms with van der Waals surface area (Å²) in [6, 6.07) is 4.09. The van der Waals surface area contributed by atoms with Gasteiger partial charge in [-0.05, 0) is 56.7 Å². The highest BCUT2D eigenvalue weighted by Crippen LogP contribution is 2.54. The van der Waals surface area contributed by atoms with Gasteiger partial charge in [-0.15, -0.1) is 0 Å². The third-order valence-corrected chi connectivity index (χ3v) is 6.57. The fourth-order valence-corrected chi connectivity index (χ4v) is 5.07. The van der Waals surface area contributed by atoms with Crippen LogP contribution in [0.3, 0.4) is 0 Å². The molecule has 144 valence electrons. The van der Waals surface area contributed by atoms with E-state index in [4.69, 9.17) is 4.74 Å². The second-order valence-corrected chi connectivity index (χ2v) is 8.75. The molecule has 1 unspecified atom stereocenters. The minimum atomic E-state index is -0.298. The van der Waals surface area contributed by atoms with Crippen molar-refractivity contribution in [1.29, 1.82) is 0 Å². The van der Waals surface area contributed by atoms with Gasteiger partial charge in [0, 0.05) is 30.2 Å². The van der Waals surface area contributed by atoms with Gasteiger partial charge in [-0.1, -0.05) is 33.1 Å². The normalized spacial score (nSPS) is 25.2. The molecule has 1 heterocycles. The summed E-state index contributed by atoms with van der Waals surface area (Å²) < 4.78 is 6.39. The van der Waals surface area contributed by atoms with Crippen molar-refractivity contribution < 1.29 is 14.6 Å². The summed E-state index contributed by atoms with van der Waals surface area (Å²) in [6.07, 6.45) is 7.93. The summed E-state index contributed by atoms with van der Waals surface area (Å²) >= 11 is 0. The van der Waals surface area contributed by atoms with Gasteiger partial charge in [0.25, 0.3) is 0 Å². The van der Waals surface area contributed by atoms with Gasteiger partial charge in [0.2, 0.25) is 0 Å². The van der Waals surface area contributed by atoms with Crippen LogP contribution in [-0.4, -0.2) is 16.5 Å². The molecule has 3 nitrogen and oxygen atoms in total. The number of hydrogen-bond acceptors (Lipinski definition) is 3. The monoisotopic (exact) mass is 358 g/mol. The minimum Gasteiger partial charge on any atom is -0.508 e. The topological polar surface area (TPSA) is 46.5 Å². The number of Topliss-reactive ketones (excluding diaryl/α,β-unsaturated/α-hetero) is 1. The van der Waals surface area contributed by atoms with Gasteiger partial charge in [-0.3, -0.25) is 4.79 Å². The van der Waals surface area contributed by atoms with E-state index in [1.54, 1.807) is 0 Å². The van der Waals surface area contributed by atoms with Gasteiger partial charge < -0.3 is 9.84 Å². The van der Waals surface area contributed by atoms with E-state index in [9.17, 15) is 9.90 Å². The summed E-state index contributed by atoms with van der Waals surface area (Å²) in [7, 11) is 0. The number of benzene rings is 1. The average molecular weight is 359 g/mol. The van der Waals surface area contributed by atoms with Crippen molar-refractivity contribution in [3.8, 4) is 11.5 Å². The number of carbonyl (C=O) groups is 1. The molecule has 1 aliphatic carbocycles. The number of ketones is 1. The van der Waals surface area contributed by atoms with E-state index in [-0.39, 0.29) is 17.4 Å². The van der Waals surface area contributed by atoms with E-state index in [2.05, 4.69) is 33.8 Å². The zero-order valence-electron chi connectivity index (χ0n) is 16.8. The highest BCUT2D eigenvalue weighted by molar-refractivity contribution is 5.81. The molecule has 26 heavy (non-hydrogen) atoms. The van der Waals surface area contributed by atoms with E-state index in [0.29, 0.717) is 30.3 Å². The maximum atomic E-state index is 12.1. The predicted octanol–water partition coefficient (Wildman–Crippen LogP) is 6.09. The summed E-state index contributed by atoms with van der Waals surface area (Å²) in [5, 5.41) is 10.9. The Morgan fingerprint density at radius 3 is 2.73 bits per heavy atom. The molecule has 1 fully saturated rings. The number of phenolic OH excluding ortho intramolecular Hbond substituents is 1. The van der Waals surface area contributed by atoms with Crippen LogP contribution in [0.25, 0.3) is 0 Å². The van der Waals surface area contributed by atoms with Gasteiger partial charge >= 0.3 is 0 Å². The molecule has 0 amide bonds.